The van der Waals surface area contributed by atoms with Crippen LogP contribution in [0.4, 0.5) is 4.79 Å². The third-order valence-corrected chi connectivity index (χ3v) is 6.42. The van der Waals surface area contributed by atoms with Crippen molar-refractivity contribution >= 4 is 17.9 Å². The van der Waals surface area contributed by atoms with E-state index in [0.29, 0.717) is 30.6 Å². The van der Waals surface area contributed by atoms with Crippen LogP contribution in [0.1, 0.15) is 90.0 Å². The number of hydrogen-bond donors (Lipinski definition) is 2. The molecule has 0 aliphatic heterocycles. The Bertz CT molecular complexity index is 1150. The zero-order chi connectivity index (χ0) is 29.7. The lowest BCUT2D eigenvalue weighted by atomic mass is 9.95. The summed E-state index contributed by atoms with van der Waals surface area (Å²) in [5, 5.41) is 5.77. The molecule has 7 heteroatoms. The van der Waals surface area contributed by atoms with Crippen molar-refractivity contribution in [1.29, 1.82) is 0 Å². The van der Waals surface area contributed by atoms with Crippen LogP contribution >= 0.6 is 0 Å². The van der Waals surface area contributed by atoms with Crippen molar-refractivity contribution in [1.82, 2.24) is 15.5 Å². The highest BCUT2D eigenvalue weighted by Crippen LogP contribution is 2.27. The second-order valence-electron chi connectivity index (χ2n) is 11.3. The van der Waals surface area contributed by atoms with Crippen LogP contribution in [0.15, 0.2) is 54.6 Å². The first-order chi connectivity index (χ1) is 19.0. The lowest BCUT2D eigenvalue weighted by Crippen LogP contribution is -2.55. The first-order valence-electron chi connectivity index (χ1n) is 14.2. The minimum atomic E-state index is -0.980. The maximum atomic E-state index is 14.3. The summed E-state index contributed by atoms with van der Waals surface area (Å²) in [5.41, 5.74) is 1.32. The summed E-state index contributed by atoms with van der Waals surface area (Å²) in [4.78, 5) is 42.5. The quantitative estimate of drug-likeness (QED) is 0.238. The van der Waals surface area contributed by atoms with E-state index in [9.17, 15) is 14.4 Å². The van der Waals surface area contributed by atoms with Gasteiger partial charge in [0.05, 0.1) is 0 Å². The fourth-order valence-electron chi connectivity index (χ4n) is 4.40. The van der Waals surface area contributed by atoms with Gasteiger partial charge >= 0.3 is 6.09 Å². The van der Waals surface area contributed by atoms with Gasteiger partial charge in [0.1, 0.15) is 17.7 Å². The monoisotopic (exact) mass is 547 g/mol. The highest BCUT2D eigenvalue weighted by molar-refractivity contribution is 5.92. The molecule has 0 saturated heterocycles. The number of terminal acetylenes is 1. The van der Waals surface area contributed by atoms with E-state index in [1.807, 2.05) is 56.3 Å². The van der Waals surface area contributed by atoms with E-state index in [-0.39, 0.29) is 17.7 Å². The van der Waals surface area contributed by atoms with Crippen LogP contribution in [0.3, 0.4) is 0 Å². The zero-order valence-corrected chi connectivity index (χ0v) is 24.8. The Morgan fingerprint density at radius 3 is 2.23 bits per heavy atom. The Balaban J connectivity index is 2.52. The van der Waals surface area contributed by atoms with Crippen molar-refractivity contribution in [2.75, 3.05) is 6.54 Å². The Morgan fingerprint density at radius 1 is 0.975 bits per heavy atom. The molecular formula is C33H45N3O4. The van der Waals surface area contributed by atoms with Crippen molar-refractivity contribution in [3.05, 3.63) is 71.3 Å². The van der Waals surface area contributed by atoms with E-state index in [1.165, 1.54) is 0 Å². The molecule has 0 aromatic heterocycles. The van der Waals surface area contributed by atoms with Crippen LogP contribution in [-0.4, -0.2) is 41.0 Å². The number of benzene rings is 2. The Morgan fingerprint density at radius 2 is 1.62 bits per heavy atom. The van der Waals surface area contributed by atoms with Gasteiger partial charge in [-0.1, -0.05) is 94.5 Å². The van der Waals surface area contributed by atoms with Crippen LogP contribution in [-0.2, 0) is 20.9 Å². The Hall–Kier alpha value is -3.79. The molecular weight excluding hydrogens is 502 g/mol. The molecule has 40 heavy (non-hydrogen) atoms. The van der Waals surface area contributed by atoms with Gasteiger partial charge in [0.2, 0.25) is 11.8 Å². The van der Waals surface area contributed by atoms with Crippen molar-refractivity contribution in [3.8, 4) is 12.3 Å². The summed E-state index contributed by atoms with van der Waals surface area (Å²) in [6.45, 7) is 11.8. The maximum Gasteiger partial charge on any atom is 0.408 e. The topological polar surface area (TPSA) is 87.7 Å². The molecule has 0 fully saturated rings. The number of hydrogen-bond acceptors (Lipinski definition) is 4. The van der Waals surface area contributed by atoms with Gasteiger partial charge in [-0.15, -0.1) is 6.42 Å². The molecule has 2 unspecified atom stereocenters. The number of rotatable bonds is 13. The van der Waals surface area contributed by atoms with Crippen molar-refractivity contribution in [2.45, 2.75) is 91.5 Å². The Labute approximate surface area is 240 Å². The molecule has 0 spiro atoms. The second-order valence-corrected chi connectivity index (χ2v) is 11.3. The molecule has 7 nitrogen and oxygen atoms in total. The smallest absolute Gasteiger partial charge is 0.408 e. The van der Waals surface area contributed by atoms with Gasteiger partial charge in [-0.3, -0.25) is 9.59 Å². The predicted molar refractivity (Wildman–Crippen MR) is 159 cm³/mol. The zero-order valence-electron chi connectivity index (χ0n) is 24.8. The molecule has 2 N–H and O–H groups in total. The first-order valence-corrected chi connectivity index (χ1v) is 14.2. The van der Waals surface area contributed by atoms with Gasteiger partial charge in [0.15, 0.2) is 0 Å². The molecule has 0 aliphatic rings. The normalized spacial score (nSPS) is 12.7. The standard InChI is InChI=1S/C33H45N3O4/c1-8-10-11-17-22-36(31(38)28(24(3)4)35-32(39)40-33(5,6)7)29(27-21-16-15-20-26(27)9-2)30(37)34-23-25-18-13-12-14-19-25/h2,12-16,18-21,24,28-29H,8,10-11,17,22-23H2,1,3-7H3,(H,34,37)(H,35,39). The molecule has 0 heterocycles. The summed E-state index contributed by atoms with van der Waals surface area (Å²) in [5.74, 6) is 1.73. The fraction of sp³-hybridized carbons (Fsp3) is 0.485. The fourth-order valence-corrected chi connectivity index (χ4v) is 4.40. The van der Waals surface area contributed by atoms with Crippen molar-refractivity contribution in [3.63, 3.8) is 0 Å². The summed E-state index contributed by atoms with van der Waals surface area (Å²) in [6, 6.07) is 14.9. The summed E-state index contributed by atoms with van der Waals surface area (Å²) < 4.78 is 5.45. The number of unbranched alkanes of at least 4 members (excludes halogenated alkanes) is 3. The number of carbonyl (C=O) groups excluding carboxylic acids is 3. The van der Waals surface area contributed by atoms with Crippen molar-refractivity contribution in [2.24, 2.45) is 5.92 Å². The van der Waals surface area contributed by atoms with Gasteiger partial charge in [0.25, 0.3) is 0 Å². The van der Waals surface area contributed by atoms with Crippen molar-refractivity contribution < 1.29 is 19.1 Å². The van der Waals surface area contributed by atoms with Gasteiger partial charge in [-0.25, -0.2) is 4.79 Å². The largest absolute Gasteiger partial charge is 0.444 e. The number of alkyl carbamates (subject to hydrolysis) is 1. The minimum absolute atomic E-state index is 0.255. The lowest BCUT2D eigenvalue weighted by Gasteiger charge is -2.36. The number of carbonyl (C=O) groups is 3. The minimum Gasteiger partial charge on any atom is -0.444 e. The number of nitrogens with zero attached hydrogens (tertiary/aromatic N) is 1. The van der Waals surface area contributed by atoms with E-state index < -0.39 is 23.8 Å². The Kier molecular flexibility index (Phi) is 12.7. The summed E-state index contributed by atoms with van der Waals surface area (Å²) >= 11 is 0. The molecule has 216 valence electrons. The number of nitrogens with one attached hydrogen (secondary N) is 2. The summed E-state index contributed by atoms with van der Waals surface area (Å²) in [7, 11) is 0. The molecule has 0 aliphatic carbocycles. The third-order valence-electron chi connectivity index (χ3n) is 6.42. The highest BCUT2D eigenvalue weighted by atomic mass is 16.6. The highest BCUT2D eigenvalue weighted by Gasteiger charge is 2.38. The SMILES string of the molecule is C#Cc1ccccc1C(C(=O)NCc1ccccc1)N(CCCCCC)C(=O)C(NC(=O)OC(C)(C)C)C(C)C. The first kappa shape index (κ1) is 32.4. The van der Waals surface area contributed by atoms with Gasteiger partial charge < -0.3 is 20.3 Å². The molecule has 2 aromatic rings. The van der Waals surface area contributed by atoms with Crippen LogP contribution in [0.5, 0.6) is 0 Å². The molecule has 3 amide bonds. The van der Waals surface area contributed by atoms with Crippen LogP contribution in [0.25, 0.3) is 0 Å². The van der Waals surface area contributed by atoms with Gasteiger partial charge in [-0.2, -0.15) is 0 Å². The van der Waals surface area contributed by atoms with E-state index in [0.717, 1.165) is 24.8 Å². The number of ether oxygens (including phenoxy) is 1. The van der Waals surface area contributed by atoms with Gasteiger partial charge in [-0.05, 0) is 50.3 Å². The number of amides is 3. The van der Waals surface area contributed by atoms with E-state index >= 15 is 0 Å². The van der Waals surface area contributed by atoms with E-state index in [4.69, 9.17) is 11.2 Å². The van der Waals surface area contributed by atoms with Crippen LogP contribution in [0.2, 0.25) is 0 Å². The molecule has 2 atom stereocenters. The lowest BCUT2D eigenvalue weighted by molar-refractivity contribution is -0.143. The molecule has 0 bridgehead atoms. The van der Waals surface area contributed by atoms with E-state index in [1.54, 1.807) is 37.8 Å². The predicted octanol–water partition coefficient (Wildman–Crippen LogP) is 5.98. The third kappa shape index (κ3) is 10.1. The van der Waals surface area contributed by atoms with Crippen LogP contribution < -0.4 is 10.6 Å². The van der Waals surface area contributed by atoms with E-state index in [2.05, 4.69) is 23.5 Å². The molecule has 0 saturated carbocycles. The summed E-state index contributed by atoms with van der Waals surface area (Å²) in [6.07, 6.45) is 8.82. The van der Waals surface area contributed by atoms with Gasteiger partial charge in [0, 0.05) is 18.7 Å². The second kappa shape index (κ2) is 15.7. The average molecular weight is 548 g/mol. The molecule has 2 rings (SSSR count). The molecule has 0 radical (unpaired) electrons. The van der Waals surface area contributed by atoms with Crippen LogP contribution in [0, 0.1) is 18.3 Å². The molecule has 2 aromatic carbocycles. The average Bonchev–Trinajstić information content (AvgIpc) is 2.91. The maximum absolute atomic E-state index is 14.3.